The van der Waals surface area contributed by atoms with Crippen molar-refractivity contribution in [3.05, 3.63) is 77.9 Å². The first kappa shape index (κ1) is 13.0. The van der Waals surface area contributed by atoms with E-state index >= 15 is 0 Å². The predicted octanol–water partition coefficient (Wildman–Crippen LogP) is 5.00. The van der Waals surface area contributed by atoms with Crippen LogP contribution < -0.4 is 9.47 Å². The van der Waals surface area contributed by atoms with Crippen molar-refractivity contribution in [1.29, 1.82) is 0 Å². The summed E-state index contributed by atoms with van der Waals surface area (Å²) in [6.45, 7) is 0. The molecule has 2 heteroatoms. The molecule has 108 valence electrons. The van der Waals surface area contributed by atoms with Crippen LogP contribution in [0.1, 0.15) is 17.2 Å². The lowest BCUT2D eigenvalue weighted by Gasteiger charge is -2.23. The molecule has 0 radical (unpaired) electrons. The Bertz CT molecular complexity index is 850. The van der Waals surface area contributed by atoms with Crippen LogP contribution in [0, 0.1) is 0 Å². The Hall–Kier alpha value is -2.74. The van der Waals surface area contributed by atoms with Gasteiger partial charge in [-0.1, -0.05) is 54.6 Å². The van der Waals surface area contributed by atoms with Crippen molar-refractivity contribution in [3.8, 4) is 11.5 Å². The van der Waals surface area contributed by atoms with Gasteiger partial charge in [0.05, 0.1) is 7.11 Å². The molecular weight excluding hydrogens is 272 g/mol. The second kappa shape index (κ2) is 5.23. The van der Waals surface area contributed by atoms with Crippen molar-refractivity contribution in [2.24, 2.45) is 0 Å². The van der Waals surface area contributed by atoms with Crippen LogP contribution in [0.4, 0.5) is 0 Å². The number of hydrogen-bond acceptors (Lipinski definition) is 2. The van der Waals surface area contributed by atoms with Crippen LogP contribution in [0.15, 0.2) is 66.7 Å². The first-order chi connectivity index (χ1) is 10.8. The minimum atomic E-state index is -0.0505. The smallest absolute Gasteiger partial charge is 0.142 e. The minimum absolute atomic E-state index is 0.0505. The molecule has 0 aliphatic carbocycles. The Balaban J connectivity index is 1.84. The highest BCUT2D eigenvalue weighted by Gasteiger charge is 2.18. The molecule has 1 unspecified atom stereocenters. The van der Waals surface area contributed by atoms with Gasteiger partial charge in [0.15, 0.2) is 0 Å². The van der Waals surface area contributed by atoms with Gasteiger partial charge in [0, 0.05) is 10.9 Å². The highest BCUT2D eigenvalue weighted by molar-refractivity contribution is 5.93. The standard InChI is InChI=1S/C20H16O2/c1-21-17-11-9-14-7-8-16-10-12-19(15-5-3-2-4-6-15)22-20(16)18(14)13-17/h2-13,19H,1H3. The number of benzene rings is 3. The van der Waals surface area contributed by atoms with Crippen molar-refractivity contribution >= 4 is 16.8 Å². The zero-order valence-electron chi connectivity index (χ0n) is 12.3. The molecule has 0 saturated carbocycles. The Kier molecular flexibility index (Phi) is 3.08. The lowest BCUT2D eigenvalue weighted by atomic mass is 10.00. The summed E-state index contributed by atoms with van der Waals surface area (Å²) in [4.78, 5) is 0. The molecule has 0 spiro atoms. The number of methoxy groups -OCH3 is 1. The van der Waals surface area contributed by atoms with Gasteiger partial charge >= 0.3 is 0 Å². The lowest BCUT2D eigenvalue weighted by Crippen LogP contribution is -2.09. The van der Waals surface area contributed by atoms with E-state index in [4.69, 9.17) is 9.47 Å². The molecule has 0 bridgehead atoms. The van der Waals surface area contributed by atoms with Crippen LogP contribution in [0.25, 0.3) is 16.8 Å². The topological polar surface area (TPSA) is 18.5 Å². The molecule has 4 rings (SSSR count). The zero-order chi connectivity index (χ0) is 14.9. The molecule has 3 aromatic carbocycles. The zero-order valence-corrected chi connectivity index (χ0v) is 12.3. The first-order valence-corrected chi connectivity index (χ1v) is 7.36. The summed E-state index contributed by atoms with van der Waals surface area (Å²) in [5, 5.41) is 2.24. The molecule has 0 aromatic heterocycles. The van der Waals surface area contributed by atoms with Gasteiger partial charge in [0.25, 0.3) is 0 Å². The van der Waals surface area contributed by atoms with Crippen LogP contribution in [0.5, 0.6) is 11.5 Å². The molecule has 0 saturated heterocycles. The molecule has 1 aliphatic rings. The fourth-order valence-electron chi connectivity index (χ4n) is 2.86. The number of hydrogen-bond donors (Lipinski definition) is 0. The van der Waals surface area contributed by atoms with E-state index in [2.05, 4.69) is 42.5 Å². The Labute approximate surface area is 129 Å². The van der Waals surface area contributed by atoms with Gasteiger partial charge in [-0.15, -0.1) is 0 Å². The molecule has 22 heavy (non-hydrogen) atoms. The third-order valence-electron chi connectivity index (χ3n) is 4.03. The molecule has 2 nitrogen and oxygen atoms in total. The van der Waals surface area contributed by atoms with Crippen molar-refractivity contribution in [1.82, 2.24) is 0 Å². The third kappa shape index (κ3) is 2.13. The van der Waals surface area contributed by atoms with Gasteiger partial charge in [-0.3, -0.25) is 0 Å². The second-order valence-electron chi connectivity index (χ2n) is 5.38. The first-order valence-electron chi connectivity index (χ1n) is 7.36. The molecule has 0 amide bonds. The Morgan fingerprint density at radius 2 is 1.77 bits per heavy atom. The van der Waals surface area contributed by atoms with E-state index in [1.807, 2.05) is 30.3 Å². The fraction of sp³-hybridized carbons (Fsp3) is 0.100. The second-order valence-corrected chi connectivity index (χ2v) is 5.38. The van der Waals surface area contributed by atoms with E-state index in [0.29, 0.717) is 0 Å². The largest absolute Gasteiger partial charge is 0.497 e. The van der Waals surface area contributed by atoms with Crippen LogP contribution >= 0.6 is 0 Å². The van der Waals surface area contributed by atoms with E-state index in [0.717, 1.165) is 33.4 Å². The van der Waals surface area contributed by atoms with Crippen molar-refractivity contribution < 1.29 is 9.47 Å². The van der Waals surface area contributed by atoms with E-state index < -0.39 is 0 Å². The summed E-state index contributed by atoms with van der Waals surface area (Å²) in [5.41, 5.74) is 2.26. The monoisotopic (exact) mass is 288 g/mol. The molecule has 1 aliphatic heterocycles. The molecule has 0 N–H and O–H groups in total. The molecule has 1 heterocycles. The normalized spacial score (nSPS) is 16.1. The van der Waals surface area contributed by atoms with Crippen LogP contribution in [-0.4, -0.2) is 7.11 Å². The highest BCUT2D eigenvalue weighted by atomic mass is 16.5. The predicted molar refractivity (Wildman–Crippen MR) is 89.3 cm³/mol. The van der Waals surface area contributed by atoms with E-state index in [1.54, 1.807) is 7.11 Å². The SMILES string of the molecule is COc1ccc2ccc3c(c2c1)OC(c1ccccc1)C=C3. The van der Waals surface area contributed by atoms with Crippen molar-refractivity contribution in [2.75, 3.05) is 7.11 Å². The summed E-state index contributed by atoms with van der Waals surface area (Å²) in [7, 11) is 1.68. The minimum Gasteiger partial charge on any atom is -0.497 e. The van der Waals surface area contributed by atoms with Gasteiger partial charge in [0.2, 0.25) is 0 Å². The Morgan fingerprint density at radius 1 is 0.955 bits per heavy atom. The van der Waals surface area contributed by atoms with E-state index in [9.17, 15) is 0 Å². The summed E-state index contributed by atoms with van der Waals surface area (Å²) in [5.74, 6) is 1.77. The van der Waals surface area contributed by atoms with Gasteiger partial charge in [-0.05, 0) is 29.2 Å². The summed E-state index contributed by atoms with van der Waals surface area (Å²) >= 11 is 0. The average molecular weight is 288 g/mol. The van der Waals surface area contributed by atoms with Crippen LogP contribution in [0.3, 0.4) is 0 Å². The fourth-order valence-corrected chi connectivity index (χ4v) is 2.86. The molecular formula is C20H16O2. The van der Waals surface area contributed by atoms with Crippen LogP contribution in [0.2, 0.25) is 0 Å². The quantitative estimate of drug-likeness (QED) is 0.661. The van der Waals surface area contributed by atoms with Crippen LogP contribution in [-0.2, 0) is 0 Å². The average Bonchev–Trinajstić information content (AvgIpc) is 2.61. The third-order valence-corrected chi connectivity index (χ3v) is 4.03. The number of rotatable bonds is 2. The maximum atomic E-state index is 6.29. The van der Waals surface area contributed by atoms with Gasteiger partial charge in [-0.25, -0.2) is 0 Å². The van der Waals surface area contributed by atoms with Crippen molar-refractivity contribution in [3.63, 3.8) is 0 Å². The summed E-state index contributed by atoms with van der Waals surface area (Å²) < 4.78 is 11.6. The maximum absolute atomic E-state index is 6.29. The molecule has 0 fully saturated rings. The highest BCUT2D eigenvalue weighted by Crippen LogP contribution is 2.39. The molecule has 1 atom stereocenters. The Morgan fingerprint density at radius 3 is 2.59 bits per heavy atom. The van der Waals surface area contributed by atoms with E-state index in [1.165, 1.54) is 0 Å². The van der Waals surface area contributed by atoms with Gasteiger partial charge in [-0.2, -0.15) is 0 Å². The van der Waals surface area contributed by atoms with E-state index in [-0.39, 0.29) is 6.10 Å². The van der Waals surface area contributed by atoms with Crippen molar-refractivity contribution in [2.45, 2.75) is 6.10 Å². The lowest BCUT2D eigenvalue weighted by molar-refractivity contribution is 0.255. The molecule has 3 aromatic rings. The van der Waals surface area contributed by atoms with Gasteiger partial charge in [0.1, 0.15) is 17.6 Å². The number of ether oxygens (including phenoxy) is 2. The summed E-state index contributed by atoms with van der Waals surface area (Å²) in [6.07, 6.45) is 4.18. The number of fused-ring (bicyclic) bond motifs is 3. The summed E-state index contributed by atoms with van der Waals surface area (Å²) in [6, 6.07) is 20.6. The maximum Gasteiger partial charge on any atom is 0.142 e. The van der Waals surface area contributed by atoms with Gasteiger partial charge < -0.3 is 9.47 Å².